The van der Waals surface area contributed by atoms with Gasteiger partial charge < -0.3 is 10.6 Å². The van der Waals surface area contributed by atoms with Crippen LogP contribution >= 0.6 is 24.0 Å². The second-order valence-corrected chi connectivity index (χ2v) is 6.39. The molecule has 0 aliphatic carbocycles. The Kier molecular flexibility index (Phi) is 6.65. The molecule has 1 fully saturated rings. The summed E-state index contributed by atoms with van der Waals surface area (Å²) in [5.74, 6) is 1.45. The third-order valence-corrected chi connectivity index (χ3v) is 4.47. The summed E-state index contributed by atoms with van der Waals surface area (Å²) in [4.78, 5) is 6.80. The standard InChI is InChI=1S/C18H25N5.HI/c1-14-8-10-23(11-9-14)18(19)20-12-16-13-22(2)21-17(16)15-6-4-3-5-7-15;/h3-7,13-14H,8-12H2,1-2H3,(H2,19,20);1H. The van der Waals surface area contributed by atoms with Gasteiger partial charge in [0, 0.05) is 37.5 Å². The first-order chi connectivity index (χ1) is 11.1. The lowest BCUT2D eigenvalue weighted by atomic mass is 10.00. The number of hydrogen-bond donors (Lipinski definition) is 1. The molecule has 2 aromatic rings. The zero-order chi connectivity index (χ0) is 16.2. The fourth-order valence-corrected chi connectivity index (χ4v) is 3.00. The highest BCUT2D eigenvalue weighted by Gasteiger charge is 2.17. The van der Waals surface area contributed by atoms with Crippen LogP contribution in [-0.4, -0.2) is 33.7 Å². The maximum Gasteiger partial charge on any atom is 0.191 e. The van der Waals surface area contributed by atoms with Crippen LogP contribution in [0.3, 0.4) is 0 Å². The van der Waals surface area contributed by atoms with E-state index < -0.39 is 0 Å². The number of piperidine rings is 1. The number of guanidine groups is 1. The number of benzene rings is 1. The molecule has 130 valence electrons. The summed E-state index contributed by atoms with van der Waals surface area (Å²) in [5, 5.41) is 4.57. The first kappa shape index (κ1) is 18.8. The van der Waals surface area contributed by atoms with E-state index in [0.29, 0.717) is 12.5 Å². The minimum absolute atomic E-state index is 0. The van der Waals surface area contributed by atoms with Crippen LogP contribution in [0.2, 0.25) is 0 Å². The maximum atomic E-state index is 6.19. The van der Waals surface area contributed by atoms with Crippen molar-refractivity contribution >= 4 is 29.9 Å². The summed E-state index contributed by atoms with van der Waals surface area (Å²) in [6.45, 7) is 4.88. The second kappa shape index (κ2) is 8.50. The van der Waals surface area contributed by atoms with Crippen molar-refractivity contribution in [2.24, 2.45) is 23.7 Å². The van der Waals surface area contributed by atoms with Gasteiger partial charge in [-0.2, -0.15) is 5.10 Å². The molecule has 1 aromatic heterocycles. The van der Waals surface area contributed by atoms with E-state index in [1.165, 1.54) is 12.8 Å². The minimum Gasteiger partial charge on any atom is -0.370 e. The van der Waals surface area contributed by atoms with Gasteiger partial charge in [0.05, 0.1) is 12.2 Å². The molecule has 1 aliphatic rings. The summed E-state index contributed by atoms with van der Waals surface area (Å²) in [7, 11) is 1.94. The Bertz CT molecular complexity index is 672. The molecule has 0 bridgehead atoms. The van der Waals surface area contributed by atoms with E-state index in [4.69, 9.17) is 5.73 Å². The fourth-order valence-electron chi connectivity index (χ4n) is 3.00. The van der Waals surface area contributed by atoms with Gasteiger partial charge in [-0.3, -0.25) is 4.68 Å². The van der Waals surface area contributed by atoms with Gasteiger partial charge in [-0.1, -0.05) is 37.3 Å². The smallest absolute Gasteiger partial charge is 0.191 e. The third-order valence-electron chi connectivity index (χ3n) is 4.47. The number of likely N-dealkylation sites (tertiary alicyclic amines) is 1. The van der Waals surface area contributed by atoms with Gasteiger partial charge in [-0.25, -0.2) is 4.99 Å². The number of halogens is 1. The molecule has 5 nitrogen and oxygen atoms in total. The highest BCUT2D eigenvalue weighted by molar-refractivity contribution is 14.0. The molecule has 0 atom stereocenters. The largest absolute Gasteiger partial charge is 0.370 e. The van der Waals surface area contributed by atoms with E-state index in [1.807, 2.05) is 36.1 Å². The number of nitrogens with zero attached hydrogens (tertiary/aromatic N) is 4. The van der Waals surface area contributed by atoms with Gasteiger partial charge >= 0.3 is 0 Å². The second-order valence-electron chi connectivity index (χ2n) is 6.39. The Balaban J connectivity index is 0.00000208. The molecule has 0 saturated carbocycles. The van der Waals surface area contributed by atoms with E-state index in [2.05, 4.69) is 34.0 Å². The van der Waals surface area contributed by atoms with Crippen molar-refractivity contribution in [3.8, 4) is 11.3 Å². The highest BCUT2D eigenvalue weighted by Crippen LogP contribution is 2.22. The first-order valence-electron chi connectivity index (χ1n) is 8.26. The Morgan fingerprint density at radius 2 is 1.92 bits per heavy atom. The van der Waals surface area contributed by atoms with Crippen molar-refractivity contribution in [2.45, 2.75) is 26.3 Å². The van der Waals surface area contributed by atoms with Crippen LogP contribution in [0.25, 0.3) is 11.3 Å². The monoisotopic (exact) mass is 439 g/mol. The van der Waals surface area contributed by atoms with Crippen LogP contribution in [0.1, 0.15) is 25.3 Å². The SMILES string of the molecule is CC1CCN(C(N)=NCc2cn(C)nc2-c2ccccc2)CC1.I. The molecule has 0 spiro atoms. The predicted octanol–water partition coefficient (Wildman–Crippen LogP) is 3.25. The molecule has 0 amide bonds. The van der Waals surface area contributed by atoms with E-state index >= 15 is 0 Å². The molecule has 1 aromatic carbocycles. The number of hydrogen-bond acceptors (Lipinski definition) is 2. The summed E-state index contributed by atoms with van der Waals surface area (Å²) < 4.78 is 1.84. The van der Waals surface area contributed by atoms with Gasteiger partial charge in [0.1, 0.15) is 0 Å². The molecular weight excluding hydrogens is 413 g/mol. The van der Waals surface area contributed by atoms with Gasteiger partial charge in [-0.05, 0) is 18.8 Å². The van der Waals surface area contributed by atoms with Gasteiger partial charge in [0.2, 0.25) is 0 Å². The first-order valence-corrected chi connectivity index (χ1v) is 8.26. The predicted molar refractivity (Wildman–Crippen MR) is 109 cm³/mol. The zero-order valence-electron chi connectivity index (χ0n) is 14.4. The van der Waals surface area contributed by atoms with Crippen molar-refractivity contribution in [1.29, 1.82) is 0 Å². The van der Waals surface area contributed by atoms with E-state index in [0.717, 1.165) is 35.8 Å². The van der Waals surface area contributed by atoms with Crippen molar-refractivity contribution in [3.63, 3.8) is 0 Å². The van der Waals surface area contributed by atoms with Crippen LogP contribution in [0.4, 0.5) is 0 Å². The number of aromatic nitrogens is 2. The molecular formula is C18H26IN5. The lowest BCUT2D eigenvalue weighted by Gasteiger charge is -2.31. The Morgan fingerprint density at radius 1 is 1.25 bits per heavy atom. The maximum absolute atomic E-state index is 6.19. The molecule has 1 aliphatic heterocycles. The van der Waals surface area contributed by atoms with Crippen LogP contribution in [0.15, 0.2) is 41.5 Å². The van der Waals surface area contributed by atoms with Crippen molar-refractivity contribution < 1.29 is 0 Å². The van der Waals surface area contributed by atoms with Gasteiger partial charge in [-0.15, -0.1) is 24.0 Å². The number of nitrogens with two attached hydrogens (primary N) is 1. The van der Waals surface area contributed by atoms with Crippen molar-refractivity contribution in [2.75, 3.05) is 13.1 Å². The molecule has 3 rings (SSSR count). The number of aryl methyl sites for hydroxylation is 1. The van der Waals surface area contributed by atoms with E-state index in [1.54, 1.807) is 0 Å². The van der Waals surface area contributed by atoms with Crippen molar-refractivity contribution in [1.82, 2.24) is 14.7 Å². The van der Waals surface area contributed by atoms with Gasteiger partial charge in [0.15, 0.2) is 5.96 Å². The fraction of sp³-hybridized carbons (Fsp3) is 0.444. The third kappa shape index (κ3) is 4.49. The summed E-state index contributed by atoms with van der Waals surface area (Å²) >= 11 is 0. The lowest BCUT2D eigenvalue weighted by molar-refractivity contribution is 0.277. The Labute approximate surface area is 161 Å². The molecule has 6 heteroatoms. The highest BCUT2D eigenvalue weighted by atomic mass is 127. The van der Waals surface area contributed by atoms with Crippen molar-refractivity contribution in [3.05, 3.63) is 42.1 Å². The van der Waals surface area contributed by atoms with Crippen LogP contribution in [-0.2, 0) is 13.6 Å². The number of rotatable bonds is 3. The topological polar surface area (TPSA) is 59.4 Å². The average molecular weight is 439 g/mol. The van der Waals surface area contributed by atoms with Crippen LogP contribution < -0.4 is 5.73 Å². The molecule has 2 N–H and O–H groups in total. The Morgan fingerprint density at radius 3 is 2.58 bits per heavy atom. The summed E-state index contributed by atoms with van der Waals surface area (Å²) in [6.07, 6.45) is 4.41. The van der Waals surface area contributed by atoms with Crippen LogP contribution in [0.5, 0.6) is 0 Å². The molecule has 24 heavy (non-hydrogen) atoms. The van der Waals surface area contributed by atoms with E-state index in [-0.39, 0.29) is 24.0 Å². The van der Waals surface area contributed by atoms with Gasteiger partial charge in [0.25, 0.3) is 0 Å². The minimum atomic E-state index is 0. The van der Waals surface area contributed by atoms with E-state index in [9.17, 15) is 0 Å². The summed E-state index contributed by atoms with van der Waals surface area (Å²) in [6, 6.07) is 10.2. The molecule has 0 unspecified atom stereocenters. The average Bonchev–Trinajstić information content (AvgIpc) is 2.95. The lowest BCUT2D eigenvalue weighted by Crippen LogP contribution is -2.42. The zero-order valence-corrected chi connectivity index (χ0v) is 16.7. The summed E-state index contributed by atoms with van der Waals surface area (Å²) in [5.41, 5.74) is 9.39. The normalized spacial score (nSPS) is 16.1. The number of aliphatic imine (C=N–C) groups is 1. The molecule has 0 radical (unpaired) electrons. The Hall–Kier alpha value is -1.57. The molecule has 2 heterocycles. The van der Waals surface area contributed by atoms with Crippen LogP contribution in [0, 0.1) is 5.92 Å². The quantitative estimate of drug-likeness (QED) is 0.454. The molecule has 1 saturated heterocycles.